The van der Waals surface area contributed by atoms with Crippen LogP contribution in [0.2, 0.25) is 0 Å². The molecule has 1 aliphatic rings. The zero-order valence-electron chi connectivity index (χ0n) is 14.1. The Balaban J connectivity index is 1.80. The van der Waals surface area contributed by atoms with Gasteiger partial charge in [0.15, 0.2) is 5.11 Å². The maximum Gasteiger partial charge on any atom is 0.416 e. The third kappa shape index (κ3) is 4.08. The van der Waals surface area contributed by atoms with Crippen LogP contribution in [-0.2, 0) is 12.7 Å². The normalized spacial score (nSPS) is 15.7. The van der Waals surface area contributed by atoms with E-state index >= 15 is 0 Å². The number of halogens is 3. The molecule has 0 amide bonds. The Labute approximate surface area is 155 Å². The minimum atomic E-state index is -4.39. The van der Waals surface area contributed by atoms with Crippen molar-refractivity contribution >= 4 is 23.0 Å². The van der Waals surface area contributed by atoms with Gasteiger partial charge < -0.3 is 15.0 Å². The Morgan fingerprint density at radius 2 is 1.92 bits per heavy atom. The lowest BCUT2D eigenvalue weighted by atomic mass is 10.1. The van der Waals surface area contributed by atoms with E-state index in [1.807, 2.05) is 29.2 Å². The molecular weight excluding hydrogens is 363 g/mol. The zero-order valence-corrected chi connectivity index (χ0v) is 14.9. The summed E-state index contributed by atoms with van der Waals surface area (Å²) in [6.07, 6.45) is -4.39. The van der Waals surface area contributed by atoms with Crippen LogP contribution in [0, 0.1) is 0 Å². The highest BCUT2D eigenvalue weighted by Gasteiger charge is 2.31. The number of nitrogens with zero attached hydrogens (tertiary/aromatic N) is 2. The molecule has 138 valence electrons. The molecular formula is C18H18F3N3OS. The second kappa shape index (κ2) is 7.51. The van der Waals surface area contributed by atoms with Crippen molar-refractivity contribution in [3.8, 4) is 5.75 Å². The number of nitrogens with one attached hydrogen (secondary N) is 1. The van der Waals surface area contributed by atoms with Crippen molar-refractivity contribution in [2.45, 2.75) is 12.7 Å². The molecule has 1 heterocycles. The van der Waals surface area contributed by atoms with Crippen LogP contribution < -0.4 is 15.0 Å². The average molecular weight is 381 g/mol. The predicted molar refractivity (Wildman–Crippen MR) is 97.9 cm³/mol. The summed E-state index contributed by atoms with van der Waals surface area (Å²) in [5.74, 6) is 0.770. The van der Waals surface area contributed by atoms with Gasteiger partial charge in [0.05, 0.1) is 26.0 Å². The Bertz CT molecular complexity index is 797. The third-order valence-corrected chi connectivity index (χ3v) is 4.48. The van der Waals surface area contributed by atoms with Gasteiger partial charge in [-0.2, -0.15) is 13.2 Å². The van der Waals surface area contributed by atoms with Crippen LogP contribution in [0.15, 0.2) is 48.5 Å². The molecule has 1 N–H and O–H groups in total. The molecule has 0 radical (unpaired) electrons. The first-order valence-electron chi connectivity index (χ1n) is 7.95. The summed E-state index contributed by atoms with van der Waals surface area (Å²) in [5, 5.41) is 3.46. The second-order valence-corrected chi connectivity index (χ2v) is 6.29. The molecule has 0 atom stereocenters. The van der Waals surface area contributed by atoms with E-state index in [0.29, 0.717) is 30.7 Å². The molecule has 2 aromatic rings. The summed E-state index contributed by atoms with van der Waals surface area (Å²) < 4.78 is 44.3. The minimum Gasteiger partial charge on any atom is -0.496 e. The number of benzene rings is 2. The standard InChI is InChI=1S/C18H18F3N3OS/c1-25-16-8-3-2-5-13(16)10-23-11-22-17(26)24(12-23)15-7-4-6-14(9-15)18(19,20)21/h2-9H,10-12H2,1H3,(H,22,26). The Kier molecular flexibility index (Phi) is 5.33. The number of ether oxygens (including phenoxy) is 1. The van der Waals surface area contributed by atoms with Gasteiger partial charge >= 0.3 is 6.18 Å². The molecule has 8 heteroatoms. The molecule has 0 saturated carbocycles. The fraction of sp³-hybridized carbons (Fsp3) is 0.278. The van der Waals surface area contributed by atoms with Crippen LogP contribution in [0.25, 0.3) is 0 Å². The molecule has 0 aromatic heterocycles. The van der Waals surface area contributed by atoms with Gasteiger partial charge in [0.1, 0.15) is 5.75 Å². The number of thiocarbonyl (C=S) groups is 1. The van der Waals surface area contributed by atoms with Gasteiger partial charge in [0.2, 0.25) is 0 Å². The van der Waals surface area contributed by atoms with E-state index in [2.05, 4.69) is 5.32 Å². The lowest BCUT2D eigenvalue weighted by Gasteiger charge is -2.38. The van der Waals surface area contributed by atoms with Gasteiger partial charge in [-0.1, -0.05) is 24.3 Å². The summed E-state index contributed by atoms with van der Waals surface area (Å²) in [4.78, 5) is 3.69. The first-order valence-corrected chi connectivity index (χ1v) is 8.36. The highest BCUT2D eigenvalue weighted by molar-refractivity contribution is 7.80. The van der Waals surface area contributed by atoms with Crippen LogP contribution in [0.4, 0.5) is 18.9 Å². The lowest BCUT2D eigenvalue weighted by Crippen LogP contribution is -2.56. The maximum absolute atomic E-state index is 13.0. The fourth-order valence-corrected chi connectivity index (χ4v) is 3.05. The average Bonchev–Trinajstić information content (AvgIpc) is 2.63. The van der Waals surface area contributed by atoms with Crippen molar-refractivity contribution in [3.63, 3.8) is 0 Å². The van der Waals surface area contributed by atoms with Gasteiger partial charge in [-0.15, -0.1) is 0 Å². The van der Waals surface area contributed by atoms with E-state index < -0.39 is 11.7 Å². The lowest BCUT2D eigenvalue weighted by molar-refractivity contribution is -0.137. The van der Waals surface area contributed by atoms with Crippen molar-refractivity contribution < 1.29 is 17.9 Å². The SMILES string of the molecule is COc1ccccc1CN1CNC(=S)N(c2cccc(C(F)(F)F)c2)C1. The van der Waals surface area contributed by atoms with Gasteiger partial charge in [-0.3, -0.25) is 4.90 Å². The summed E-state index contributed by atoms with van der Waals surface area (Å²) in [5.41, 5.74) is 0.704. The second-order valence-electron chi connectivity index (χ2n) is 5.90. The van der Waals surface area contributed by atoms with Crippen LogP contribution in [0.1, 0.15) is 11.1 Å². The molecule has 26 heavy (non-hydrogen) atoms. The molecule has 3 rings (SSSR count). The van der Waals surface area contributed by atoms with E-state index in [9.17, 15) is 13.2 Å². The summed E-state index contributed by atoms with van der Waals surface area (Å²) in [6, 6.07) is 12.8. The van der Waals surface area contributed by atoms with Crippen molar-refractivity contribution in [2.75, 3.05) is 25.3 Å². The monoisotopic (exact) mass is 381 g/mol. The predicted octanol–water partition coefficient (Wildman–Crippen LogP) is 3.83. The first kappa shape index (κ1) is 18.5. The molecule has 0 aliphatic carbocycles. The molecule has 0 bridgehead atoms. The molecule has 2 aromatic carbocycles. The number of rotatable bonds is 4. The van der Waals surface area contributed by atoms with Gasteiger partial charge in [0.25, 0.3) is 0 Å². The number of alkyl halides is 3. The number of hydrogen-bond donors (Lipinski definition) is 1. The number of anilines is 1. The quantitative estimate of drug-likeness (QED) is 0.813. The highest BCUT2D eigenvalue weighted by Crippen LogP contribution is 2.32. The summed E-state index contributed by atoms with van der Waals surface area (Å²) in [7, 11) is 1.61. The van der Waals surface area contributed by atoms with Crippen LogP contribution in [-0.4, -0.2) is 30.5 Å². The van der Waals surface area contributed by atoms with Crippen molar-refractivity contribution in [1.29, 1.82) is 0 Å². The molecule has 0 spiro atoms. The number of methoxy groups -OCH3 is 1. The number of para-hydroxylation sites is 1. The topological polar surface area (TPSA) is 27.7 Å². The van der Waals surface area contributed by atoms with E-state index in [4.69, 9.17) is 17.0 Å². The molecule has 1 fully saturated rings. The number of hydrogen-bond acceptors (Lipinski definition) is 3. The van der Waals surface area contributed by atoms with Gasteiger partial charge in [-0.25, -0.2) is 0 Å². The van der Waals surface area contributed by atoms with E-state index in [-0.39, 0.29) is 0 Å². The summed E-state index contributed by atoms with van der Waals surface area (Å²) >= 11 is 5.29. The van der Waals surface area contributed by atoms with Crippen LogP contribution >= 0.6 is 12.2 Å². The van der Waals surface area contributed by atoms with Gasteiger partial charge in [-0.05, 0) is 36.5 Å². The molecule has 1 saturated heterocycles. The molecule has 1 aliphatic heterocycles. The Morgan fingerprint density at radius 1 is 1.15 bits per heavy atom. The smallest absolute Gasteiger partial charge is 0.416 e. The van der Waals surface area contributed by atoms with Crippen molar-refractivity contribution in [3.05, 3.63) is 59.7 Å². The molecule has 4 nitrogen and oxygen atoms in total. The van der Waals surface area contributed by atoms with Crippen molar-refractivity contribution in [2.24, 2.45) is 0 Å². The van der Waals surface area contributed by atoms with Crippen LogP contribution in [0.3, 0.4) is 0 Å². The zero-order chi connectivity index (χ0) is 18.7. The van der Waals surface area contributed by atoms with Crippen LogP contribution in [0.5, 0.6) is 5.75 Å². The molecule has 0 unspecified atom stereocenters. The largest absolute Gasteiger partial charge is 0.496 e. The van der Waals surface area contributed by atoms with E-state index in [1.54, 1.807) is 18.1 Å². The third-order valence-electron chi connectivity index (χ3n) is 4.11. The Hall–Kier alpha value is -2.32. The Morgan fingerprint density at radius 3 is 2.65 bits per heavy atom. The van der Waals surface area contributed by atoms with Gasteiger partial charge in [0, 0.05) is 17.8 Å². The summed E-state index contributed by atoms with van der Waals surface area (Å²) in [6.45, 7) is 1.46. The highest BCUT2D eigenvalue weighted by atomic mass is 32.1. The van der Waals surface area contributed by atoms with Crippen molar-refractivity contribution in [1.82, 2.24) is 10.2 Å². The first-order chi connectivity index (χ1) is 12.4. The fourth-order valence-electron chi connectivity index (χ4n) is 2.82. The maximum atomic E-state index is 13.0. The minimum absolute atomic E-state index is 0.380. The van der Waals surface area contributed by atoms with E-state index in [1.165, 1.54) is 6.07 Å². The van der Waals surface area contributed by atoms with E-state index in [0.717, 1.165) is 23.4 Å².